The SMILES string of the molecule is Cc1nn(CC(=O)NC(C(=O)O)C2C(C)NNC2C)c(=O)c2ccccc12. The maximum Gasteiger partial charge on any atom is 0.326 e. The second-order valence-corrected chi connectivity index (χ2v) is 6.92. The molecule has 2 aromatic rings. The third kappa shape index (κ3) is 3.69. The van der Waals surface area contributed by atoms with Gasteiger partial charge in [0.15, 0.2) is 0 Å². The van der Waals surface area contributed by atoms with Gasteiger partial charge >= 0.3 is 5.97 Å². The number of carboxylic acid groups (broad SMARTS) is 1. The van der Waals surface area contributed by atoms with E-state index in [4.69, 9.17) is 0 Å². The molecule has 1 saturated heterocycles. The highest BCUT2D eigenvalue weighted by atomic mass is 16.4. The number of nitrogens with one attached hydrogen (secondary N) is 3. The Labute approximate surface area is 155 Å². The normalized spacial score (nSPS) is 23.3. The molecular formula is C18H23N5O4. The van der Waals surface area contributed by atoms with Crippen molar-refractivity contribution in [2.75, 3.05) is 0 Å². The van der Waals surface area contributed by atoms with Gasteiger partial charge in [-0.15, -0.1) is 0 Å². The number of aryl methyl sites for hydroxylation is 1. The smallest absolute Gasteiger partial charge is 0.326 e. The fraction of sp³-hybridized carbons (Fsp3) is 0.444. The van der Waals surface area contributed by atoms with Crippen molar-refractivity contribution in [2.24, 2.45) is 5.92 Å². The van der Waals surface area contributed by atoms with Crippen LogP contribution in [0.25, 0.3) is 10.8 Å². The second kappa shape index (κ2) is 7.45. The lowest BCUT2D eigenvalue weighted by Gasteiger charge is -2.26. The molecule has 1 aromatic carbocycles. The van der Waals surface area contributed by atoms with E-state index in [1.54, 1.807) is 25.1 Å². The number of rotatable bonds is 5. The van der Waals surface area contributed by atoms with Crippen LogP contribution in [-0.2, 0) is 16.1 Å². The first kappa shape index (κ1) is 19.0. The lowest BCUT2D eigenvalue weighted by Crippen LogP contribution is -2.52. The molecule has 1 fully saturated rings. The van der Waals surface area contributed by atoms with Crippen LogP contribution in [0.3, 0.4) is 0 Å². The van der Waals surface area contributed by atoms with Crippen molar-refractivity contribution in [3.63, 3.8) is 0 Å². The van der Waals surface area contributed by atoms with Crippen molar-refractivity contribution in [1.29, 1.82) is 0 Å². The quantitative estimate of drug-likeness (QED) is 0.571. The number of amides is 1. The molecule has 1 amide bonds. The van der Waals surface area contributed by atoms with Crippen molar-refractivity contribution in [2.45, 2.75) is 45.4 Å². The van der Waals surface area contributed by atoms with Gasteiger partial charge in [-0.3, -0.25) is 20.4 Å². The summed E-state index contributed by atoms with van der Waals surface area (Å²) in [6, 6.07) is 5.69. The molecule has 3 rings (SSSR count). The summed E-state index contributed by atoms with van der Waals surface area (Å²) in [5.74, 6) is -2.03. The number of carbonyl (C=O) groups excluding carboxylic acids is 1. The Morgan fingerprint density at radius 2 is 1.81 bits per heavy atom. The fourth-order valence-corrected chi connectivity index (χ4v) is 3.66. The van der Waals surface area contributed by atoms with Crippen LogP contribution in [0.15, 0.2) is 29.1 Å². The van der Waals surface area contributed by atoms with Crippen LogP contribution in [0, 0.1) is 12.8 Å². The van der Waals surface area contributed by atoms with E-state index < -0.39 is 17.9 Å². The van der Waals surface area contributed by atoms with E-state index in [9.17, 15) is 19.5 Å². The molecule has 0 saturated carbocycles. The Bertz CT molecular complexity index is 931. The topological polar surface area (TPSA) is 125 Å². The van der Waals surface area contributed by atoms with Gasteiger partial charge in [0.2, 0.25) is 5.91 Å². The monoisotopic (exact) mass is 373 g/mol. The molecule has 3 unspecified atom stereocenters. The molecule has 1 aromatic heterocycles. The van der Waals surface area contributed by atoms with Crippen molar-refractivity contribution < 1.29 is 14.7 Å². The number of fused-ring (bicyclic) bond motifs is 1. The molecule has 27 heavy (non-hydrogen) atoms. The summed E-state index contributed by atoms with van der Waals surface area (Å²) in [5.41, 5.74) is 6.20. The Hall–Kier alpha value is -2.78. The summed E-state index contributed by atoms with van der Waals surface area (Å²) < 4.78 is 1.07. The predicted molar refractivity (Wildman–Crippen MR) is 99.0 cm³/mol. The molecule has 9 heteroatoms. The van der Waals surface area contributed by atoms with Crippen LogP contribution >= 0.6 is 0 Å². The average Bonchev–Trinajstić information content (AvgIpc) is 2.95. The van der Waals surface area contributed by atoms with Gasteiger partial charge in [-0.2, -0.15) is 5.10 Å². The van der Waals surface area contributed by atoms with E-state index in [1.807, 2.05) is 19.9 Å². The molecule has 1 aliphatic rings. The van der Waals surface area contributed by atoms with Gasteiger partial charge in [-0.1, -0.05) is 18.2 Å². The molecule has 4 N–H and O–H groups in total. The molecule has 0 radical (unpaired) electrons. The van der Waals surface area contributed by atoms with Crippen LogP contribution in [0.1, 0.15) is 19.5 Å². The number of hydrogen-bond acceptors (Lipinski definition) is 6. The van der Waals surface area contributed by atoms with Crippen LogP contribution in [0.4, 0.5) is 0 Å². The largest absolute Gasteiger partial charge is 0.480 e. The average molecular weight is 373 g/mol. The molecule has 9 nitrogen and oxygen atoms in total. The van der Waals surface area contributed by atoms with Crippen LogP contribution in [0.5, 0.6) is 0 Å². The Morgan fingerprint density at radius 3 is 2.41 bits per heavy atom. The van der Waals surface area contributed by atoms with Gasteiger partial charge in [0.25, 0.3) is 5.56 Å². The molecule has 0 aliphatic carbocycles. The zero-order chi connectivity index (χ0) is 19.7. The van der Waals surface area contributed by atoms with E-state index in [0.29, 0.717) is 11.1 Å². The number of aromatic nitrogens is 2. The third-order valence-corrected chi connectivity index (χ3v) is 5.01. The maximum atomic E-state index is 12.6. The minimum absolute atomic E-state index is 0.134. The molecule has 3 atom stereocenters. The van der Waals surface area contributed by atoms with Gasteiger partial charge in [0, 0.05) is 23.4 Å². The standard InChI is InChI=1S/C18H23N5O4/c1-9-12-6-4-5-7-13(12)17(25)23(22-9)8-14(24)19-16(18(26)27)15-10(2)20-21-11(15)3/h4-7,10-11,15-16,20-21H,8H2,1-3H3,(H,19,24)(H,26,27). The first-order chi connectivity index (χ1) is 12.8. The Balaban J connectivity index is 1.83. The number of carbonyl (C=O) groups is 2. The number of hydrazine groups is 1. The van der Waals surface area contributed by atoms with Gasteiger partial charge in [0.1, 0.15) is 12.6 Å². The zero-order valence-corrected chi connectivity index (χ0v) is 15.4. The molecule has 0 bridgehead atoms. The van der Waals surface area contributed by atoms with Crippen molar-refractivity contribution >= 4 is 22.6 Å². The Kier molecular flexibility index (Phi) is 5.24. The van der Waals surface area contributed by atoms with Gasteiger partial charge < -0.3 is 10.4 Å². The minimum Gasteiger partial charge on any atom is -0.480 e. The van der Waals surface area contributed by atoms with E-state index >= 15 is 0 Å². The molecule has 1 aliphatic heterocycles. The lowest BCUT2D eigenvalue weighted by atomic mass is 9.88. The number of carboxylic acids is 1. The lowest BCUT2D eigenvalue weighted by molar-refractivity contribution is -0.143. The summed E-state index contributed by atoms with van der Waals surface area (Å²) in [4.78, 5) is 36.8. The summed E-state index contributed by atoms with van der Waals surface area (Å²) in [6.07, 6.45) is 0. The predicted octanol–water partition coefficient (Wildman–Crippen LogP) is -0.225. The number of hydrogen-bond donors (Lipinski definition) is 4. The van der Waals surface area contributed by atoms with E-state index in [2.05, 4.69) is 21.3 Å². The highest BCUT2D eigenvalue weighted by Gasteiger charge is 2.40. The van der Waals surface area contributed by atoms with Gasteiger partial charge in [0.05, 0.1) is 11.1 Å². The summed E-state index contributed by atoms with van der Waals surface area (Å²) in [5, 5.41) is 17.5. The van der Waals surface area contributed by atoms with Crippen molar-refractivity contribution in [1.82, 2.24) is 25.9 Å². The molecular weight excluding hydrogens is 350 g/mol. The Morgan fingerprint density at radius 1 is 1.22 bits per heavy atom. The van der Waals surface area contributed by atoms with Crippen molar-refractivity contribution in [3.05, 3.63) is 40.3 Å². The van der Waals surface area contributed by atoms with Crippen LogP contribution in [0.2, 0.25) is 0 Å². The van der Waals surface area contributed by atoms with Crippen molar-refractivity contribution in [3.8, 4) is 0 Å². The van der Waals surface area contributed by atoms with E-state index in [-0.39, 0.29) is 30.1 Å². The first-order valence-electron chi connectivity index (χ1n) is 8.79. The van der Waals surface area contributed by atoms with E-state index in [1.165, 1.54) is 0 Å². The zero-order valence-electron chi connectivity index (χ0n) is 15.4. The van der Waals surface area contributed by atoms with Gasteiger partial charge in [-0.25, -0.2) is 9.48 Å². The van der Waals surface area contributed by atoms with Gasteiger partial charge in [-0.05, 0) is 26.8 Å². The summed E-state index contributed by atoms with van der Waals surface area (Å²) >= 11 is 0. The molecule has 2 heterocycles. The van der Waals surface area contributed by atoms with E-state index in [0.717, 1.165) is 10.1 Å². The molecule has 144 valence electrons. The maximum absolute atomic E-state index is 12.6. The third-order valence-electron chi connectivity index (χ3n) is 5.01. The number of nitrogens with zero attached hydrogens (tertiary/aromatic N) is 2. The number of aliphatic carboxylic acids is 1. The first-order valence-corrected chi connectivity index (χ1v) is 8.79. The highest BCUT2D eigenvalue weighted by Crippen LogP contribution is 2.19. The minimum atomic E-state index is -1.12. The number of benzene rings is 1. The second-order valence-electron chi connectivity index (χ2n) is 6.92. The summed E-state index contributed by atoms with van der Waals surface area (Å²) in [7, 11) is 0. The highest BCUT2D eigenvalue weighted by molar-refractivity contribution is 5.85. The van der Waals surface area contributed by atoms with Crippen LogP contribution < -0.4 is 21.7 Å². The van der Waals surface area contributed by atoms with Crippen LogP contribution in [-0.4, -0.2) is 44.9 Å². The summed E-state index contributed by atoms with van der Waals surface area (Å²) in [6.45, 7) is 5.12. The fourth-order valence-electron chi connectivity index (χ4n) is 3.66. The molecule has 0 spiro atoms.